The molecule has 0 aliphatic carbocycles. The molecule has 4 nitrogen and oxygen atoms in total. The van der Waals surface area contributed by atoms with E-state index in [1.165, 1.54) is 4.57 Å². The lowest BCUT2D eigenvalue weighted by Gasteiger charge is -2.15. The molecule has 17 heavy (non-hydrogen) atoms. The second kappa shape index (κ2) is 6.33. The molecular formula is C12H18BrNO3. The van der Waals surface area contributed by atoms with Crippen LogP contribution in [0.5, 0.6) is 0 Å². The predicted octanol–water partition coefficient (Wildman–Crippen LogP) is 1.71. The molecule has 0 saturated heterocycles. The average Bonchev–Trinajstić information content (AvgIpc) is 2.22. The van der Waals surface area contributed by atoms with E-state index in [-0.39, 0.29) is 24.8 Å². The monoisotopic (exact) mass is 303 g/mol. The van der Waals surface area contributed by atoms with Gasteiger partial charge in [0.2, 0.25) is 0 Å². The molecule has 96 valence electrons. The Morgan fingerprint density at radius 3 is 2.76 bits per heavy atom. The van der Waals surface area contributed by atoms with Crippen molar-refractivity contribution in [3.8, 4) is 0 Å². The lowest BCUT2D eigenvalue weighted by Crippen LogP contribution is -2.30. The number of pyridine rings is 1. The standard InChI is InChI=1S/C12H18BrNO3/c1-8(2)17-7-11(15)6-14-5-10(13)4-9(3)12(14)16/h4-5,8,11,15H,6-7H2,1-3H3. The summed E-state index contributed by atoms with van der Waals surface area (Å²) in [5.41, 5.74) is 0.563. The van der Waals surface area contributed by atoms with E-state index in [1.54, 1.807) is 19.2 Å². The van der Waals surface area contributed by atoms with Crippen LogP contribution in [0.25, 0.3) is 0 Å². The number of aromatic nitrogens is 1. The molecule has 0 amide bonds. The van der Waals surface area contributed by atoms with E-state index in [1.807, 2.05) is 13.8 Å². The number of aliphatic hydroxyl groups excluding tert-OH is 1. The Morgan fingerprint density at radius 2 is 2.18 bits per heavy atom. The molecule has 1 unspecified atom stereocenters. The van der Waals surface area contributed by atoms with Crippen LogP contribution in [-0.4, -0.2) is 28.5 Å². The van der Waals surface area contributed by atoms with Crippen LogP contribution < -0.4 is 5.56 Å². The second-order valence-electron chi connectivity index (χ2n) is 4.33. The summed E-state index contributed by atoms with van der Waals surface area (Å²) in [6, 6.07) is 1.76. The normalized spacial score (nSPS) is 13.1. The van der Waals surface area contributed by atoms with Crippen molar-refractivity contribution in [2.24, 2.45) is 0 Å². The zero-order valence-electron chi connectivity index (χ0n) is 10.3. The molecule has 0 bridgehead atoms. The van der Waals surface area contributed by atoms with Crippen molar-refractivity contribution in [3.05, 3.63) is 32.7 Å². The molecule has 1 aromatic heterocycles. The van der Waals surface area contributed by atoms with Crippen molar-refractivity contribution in [2.75, 3.05) is 6.61 Å². The van der Waals surface area contributed by atoms with Gasteiger partial charge in [0, 0.05) is 16.2 Å². The first-order chi connectivity index (χ1) is 7.90. The fourth-order valence-electron chi connectivity index (χ4n) is 1.46. The summed E-state index contributed by atoms with van der Waals surface area (Å²) >= 11 is 3.33. The fourth-order valence-corrected chi connectivity index (χ4v) is 2.05. The van der Waals surface area contributed by atoms with Gasteiger partial charge in [-0.25, -0.2) is 0 Å². The average molecular weight is 304 g/mol. The highest BCUT2D eigenvalue weighted by molar-refractivity contribution is 9.10. The molecule has 0 saturated carbocycles. The van der Waals surface area contributed by atoms with Crippen LogP contribution in [0.2, 0.25) is 0 Å². The fraction of sp³-hybridized carbons (Fsp3) is 0.583. The van der Waals surface area contributed by atoms with Gasteiger partial charge in [-0.15, -0.1) is 0 Å². The number of aliphatic hydroxyl groups is 1. The second-order valence-corrected chi connectivity index (χ2v) is 5.25. The first-order valence-corrected chi connectivity index (χ1v) is 6.35. The van der Waals surface area contributed by atoms with Gasteiger partial charge in [-0.3, -0.25) is 4.79 Å². The SMILES string of the molecule is Cc1cc(Br)cn(CC(O)COC(C)C)c1=O. The van der Waals surface area contributed by atoms with Crippen LogP contribution in [0.4, 0.5) is 0 Å². The van der Waals surface area contributed by atoms with Gasteiger partial charge in [0.05, 0.1) is 25.4 Å². The zero-order valence-corrected chi connectivity index (χ0v) is 11.9. The van der Waals surface area contributed by atoms with E-state index in [4.69, 9.17) is 4.74 Å². The van der Waals surface area contributed by atoms with Gasteiger partial charge in [0.15, 0.2) is 0 Å². The number of aryl methyl sites for hydroxylation is 1. The Bertz CT molecular complexity index is 428. The number of hydrogen-bond acceptors (Lipinski definition) is 3. The van der Waals surface area contributed by atoms with Gasteiger partial charge in [-0.1, -0.05) is 0 Å². The van der Waals surface area contributed by atoms with E-state index in [0.29, 0.717) is 5.56 Å². The highest BCUT2D eigenvalue weighted by Gasteiger charge is 2.09. The minimum absolute atomic E-state index is 0.0746. The number of rotatable bonds is 5. The van der Waals surface area contributed by atoms with E-state index in [0.717, 1.165) is 4.47 Å². The lowest BCUT2D eigenvalue weighted by molar-refractivity contribution is -0.00110. The van der Waals surface area contributed by atoms with Crippen molar-refractivity contribution in [1.82, 2.24) is 4.57 Å². The third-order valence-corrected chi connectivity index (χ3v) is 2.69. The van der Waals surface area contributed by atoms with Crippen molar-refractivity contribution in [1.29, 1.82) is 0 Å². The molecule has 0 radical (unpaired) electrons. The maximum atomic E-state index is 11.8. The predicted molar refractivity (Wildman–Crippen MR) is 70.2 cm³/mol. The summed E-state index contributed by atoms with van der Waals surface area (Å²) in [6.45, 7) is 6.03. The molecule has 1 atom stereocenters. The molecule has 0 aromatic carbocycles. The minimum atomic E-state index is -0.677. The molecule has 0 aliphatic heterocycles. The molecule has 0 fully saturated rings. The number of hydrogen-bond donors (Lipinski definition) is 1. The molecular weight excluding hydrogens is 286 g/mol. The molecule has 5 heteroatoms. The Balaban J connectivity index is 2.71. The topological polar surface area (TPSA) is 51.5 Å². The van der Waals surface area contributed by atoms with Crippen LogP contribution in [0.3, 0.4) is 0 Å². The van der Waals surface area contributed by atoms with Gasteiger partial charge < -0.3 is 14.4 Å². The maximum Gasteiger partial charge on any atom is 0.253 e. The van der Waals surface area contributed by atoms with Crippen LogP contribution in [0.1, 0.15) is 19.4 Å². The van der Waals surface area contributed by atoms with Crippen LogP contribution in [0.15, 0.2) is 21.5 Å². The Kier molecular flexibility index (Phi) is 5.36. The summed E-state index contributed by atoms with van der Waals surface area (Å²) in [5, 5.41) is 9.76. The largest absolute Gasteiger partial charge is 0.389 e. The smallest absolute Gasteiger partial charge is 0.253 e. The Hall–Kier alpha value is -0.650. The van der Waals surface area contributed by atoms with Crippen LogP contribution in [-0.2, 0) is 11.3 Å². The van der Waals surface area contributed by atoms with Gasteiger partial charge in [0.25, 0.3) is 5.56 Å². The third kappa shape index (κ3) is 4.61. The lowest BCUT2D eigenvalue weighted by atomic mass is 10.3. The first-order valence-electron chi connectivity index (χ1n) is 5.56. The molecule has 1 rings (SSSR count). The van der Waals surface area contributed by atoms with Crippen molar-refractivity contribution in [3.63, 3.8) is 0 Å². The van der Waals surface area contributed by atoms with E-state index in [2.05, 4.69) is 15.9 Å². The third-order valence-electron chi connectivity index (χ3n) is 2.26. The summed E-state index contributed by atoms with van der Waals surface area (Å²) in [4.78, 5) is 11.8. The molecule has 1 heterocycles. The summed E-state index contributed by atoms with van der Waals surface area (Å²) in [6.07, 6.45) is 1.07. The molecule has 1 N–H and O–H groups in total. The summed E-state index contributed by atoms with van der Waals surface area (Å²) < 4.78 is 7.62. The molecule has 0 aliphatic rings. The van der Waals surface area contributed by atoms with Gasteiger partial charge in [-0.2, -0.15) is 0 Å². The first kappa shape index (κ1) is 14.4. The van der Waals surface area contributed by atoms with Crippen molar-refractivity contribution >= 4 is 15.9 Å². The van der Waals surface area contributed by atoms with E-state index >= 15 is 0 Å². The van der Waals surface area contributed by atoms with E-state index in [9.17, 15) is 9.90 Å². The zero-order chi connectivity index (χ0) is 13.0. The van der Waals surface area contributed by atoms with Crippen LogP contribution in [0, 0.1) is 6.92 Å². The highest BCUT2D eigenvalue weighted by Crippen LogP contribution is 2.08. The maximum absolute atomic E-state index is 11.8. The number of ether oxygens (including phenoxy) is 1. The number of halogens is 1. The van der Waals surface area contributed by atoms with E-state index < -0.39 is 6.10 Å². The molecule has 1 aromatic rings. The highest BCUT2D eigenvalue weighted by atomic mass is 79.9. The van der Waals surface area contributed by atoms with Gasteiger partial charge >= 0.3 is 0 Å². The van der Waals surface area contributed by atoms with Crippen molar-refractivity contribution < 1.29 is 9.84 Å². The minimum Gasteiger partial charge on any atom is -0.389 e. The van der Waals surface area contributed by atoms with Crippen LogP contribution >= 0.6 is 15.9 Å². The van der Waals surface area contributed by atoms with Crippen molar-refractivity contribution in [2.45, 2.75) is 39.5 Å². The molecule has 0 spiro atoms. The van der Waals surface area contributed by atoms with Gasteiger partial charge in [0.1, 0.15) is 0 Å². The Labute approximate surface area is 109 Å². The summed E-state index contributed by atoms with van der Waals surface area (Å²) in [7, 11) is 0. The summed E-state index contributed by atoms with van der Waals surface area (Å²) in [5.74, 6) is 0. The quantitative estimate of drug-likeness (QED) is 0.901. The van der Waals surface area contributed by atoms with Gasteiger partial charge in [-0.05, 0) is 42.8 Å². The Morgan fingerprint density at radius 1 is 1.53 bits per heavy atom. The number of nitrogens with zero attached hydrogens (tertiary/aromatic N) is 1.